The molecule has 5 nitrogen and oxygen atoms in total. The minimum Gasteiger partial charge on any atom is -0.497 e. The third kappa shape index (κ3) is 5.12. The molecule has 0 saturated heterocycles. The van der Waals surface area contributed by atoms with Crippen molar-refractivity contribution in [2.24, 2.45) is 0 Å². The summed E-state index contributed by atoms with van der Waals surface area (Å²) < 4.78 is 5.25. The first-order valence-electron chi connectivity index (χ1n) is 10.1. The van der Waals surface area contributed by atoms with E-state index in [9.17, 15) is 4.79 Å². The molecule has 0 atom stereocenters. The minimum absolute atomic E-state index is 0.111. The number of benzene rings is 2. The maximum atomic E-state index is 12.7. The normalized spacial score (nSPS) is 11.1. The number of rotatable bonds is 8. The molecule has 3 rings (SSSR count). The maximum absolute atomic E-state index is 12.7. The van der Waals surface area contributed by atoms with Crippen LogP contribution in [0.2, 0.25) is 0 Å². The highest BCUT2D eigenvalue weighted by Crippen LogP contribution is 2.21. The number of methoxy groups -OCH3 is 1. The average molecular weight is 392 g/mol. The van der Waals surface area contributed by atoms with E-state index >= 15 is 0 Å². The summed E-state index contributed by atoms with van der Waals surface area (Å²) in [5.74, 6) is 0.644. The molecule has 3 aromatic rings. The number of carbonyl (C=O) groups excluding carboxylic acids is 1. The summed E-state index contributed by atoms with van der Waals surface area (Å²) in [5.41, 5.74) is 4.49. The molecule has 2 aromatic carbocycles. The third-order valence-electron chi connectivity index (χ3n) is 5.24. The van der Waals surface area contributed by atoms with Gasteiger partial charge in [-0.05, 0) is 49.3 Å². The highest BCUT2D eigenvalue weighted by atomic mass is 16.5. The van der Waals surface area contributed by atoms with Gasteiger partial charge in [0.15, 0.2) is 0 Å². The van der Waals surface area contributed by atoms with Crippen molar-refractivity contribution in [3.63, 3.8) is 0 Å². The van der Waals surface area contributed by atoms with E-state index in [1.807, 2.05) is 31.2 Å². The fourth-order valence-electron chi connectivity index (χ4n) is 3.35. The lowest BCUT2D eigenvalue weighted by Crippen LogP contribution is -2.24. The van der Waals surface area contributed by atoms with Crippen LogP contribution in [0.1, 0.15) is 41.0 Å². The Balaban J connectivity index is 1.66. The molecule has 0 saturated carbocycles. The van der Waals surface area contributed by atoms with Gasteiger partial charge in [0.2, 0.25) is 0 Å². The summed E-state index contributed by atoms with van der Waals surface area (Å²) in [5, 5.41) is 3.93. The van der Waals surface area contributed by atoms with Crippen LogP contribution in [0.3, 0.4) is 0 Å². The van der Waals surface area contributed by atoms with Gasteiger partial charge in [-0.15, -0.1) is 0 Å². The molecule has 152 valence electrons. The SMILES string of the molecule is CCN(CC)Cc1ccc(CNC(=O)c2cc3ccc(OC)cc3nc2C)cc1. The summed E-state index contributed by atoms with van der Waals surface area (Å²) >= 11 is 0. The molecular weight excluding hydrogens is 362 g/mol. The van der Waals surface area contributed by atoms with Gasteiger partial charge >= 0.3 is 0 Å². The van der Waals surface area contributed by atoms with E-state index in [1.54, 1.807) is 7.11 Å². The van der Waals surface area contributed by atoms with Gasteiger partial charge < -0.3 is 10.1 Å². The smallest absolute Gasteiger partial charge is 0.253 e. The molecule has 5 heteroatoms. The summed E-state index contributed by atoms with van der Waals surface area (Å²) in [6, 6.07) is 16.0. The Morgan fingerprint density at radius 3 is 2.38 bits per heavy atom. The summed E-state index contributed by atoms with van der Waals surface area (Å²) in [6.07, 6.45) is 0. The van der Waals surface area contributed by atoms with Gasteiger partial charge in [-0.25, -0.2) is 0 Å². The second-order valence-electron chi connectivity index (χ2n) is 7.14. The fraction of sp³-hybridized carbons (Fsp3) is 0.333. The number of fused-ring (bicyclic) bond motifs is 1. The van der Waals surface area contributed by atoms with E-state index in [2.05, 4.69) is 53.3 Å². The molecule has 1 amide bonds. The van der Waals surface area contributed by atoms with E-state index in [-0.39, 0.29) is 5.91 Å². The molecule has 29 heavy (non-hydrogen) atoms. The number of hydrogen-bond donors (Lipinski definition) is 1. The van der Waals surface area contributed by atoms with E-state index in [1.165, 1.54) is 5.56 Å². The first-order chi connectivity index (χ1) is 14.0. The van der Waals surface area contributed by atoms with Gasteiger partial charge in [0.05, 0.1) is 23.9 Å². The quantitative estimate of drug-likeness (QED) is 0.621. The van der Waals surface area contributed by atoms with Crippen LogP contribution in [-0.4, -0.2) is 36.0 Å². The first-order valence-corrected chi connectivity index (χ1v) is 10.1. The van der Waals surface area contributed by atoms with E-state index in [4.69, 9.17) is 4.74 Å². The number of amides is 1. The van der Waals surface area contributed by atoms with Crippen molar-refractivity contribution < 1.29 is 9.53 Å². The Labute approximate surface area is 172 Å². The van der Waals surface area contributed by atoms with Crippen molar-refractivity contribution in [1.82, 2.24) is 15.2 Å². The van der Waals surface area contributed by atoms with Crippen LogP contribution in [0.25, 0.3) is 10.9 Å². The second-order valence-corrected chi connectivity index (χ2v) is 7.14. The Kier molecular flexibility index (Phi) is 6.83. The van der Waals surface area contributed by atoms with Crippen molar-refractivity contribution in [3.05, 3.63) is 70.9 Å². The minimum atomic E-state index is -0.111. The van der Waals surface area contributed by atoms with E-state index < -0.39 is 0 Å². The average Bonchev–Trinajstić information content (AvgIpc) is 2.75. The lowest BCUT2D eigenvalue weighted by atomic mass is 10.1. The zero-order chi connectivity index (χ0) is 20.8. The van der Waals surface area contributed by atoms with Crippen LogP contribution in [-0.2, 0) is 13.1 Å². The monoisotopic (exact) mass is 391 g/mol. The van der Waals surface area contributed by atoms with Gasteiger partial charge in [0.1, 0.15) is 5.75 Å². The largest absolute Gasteiger partial charge is 0.497 e. The highest BCUT2D eigenvalue weighted by molar-refractivity contribution is 5.98. The number of aryl methyl sites for hydroxylation is 1. The van der Waals surface area contributed by atoms with Crippen LogP contribution in [0.15, 0.2) is 48.5 Å². The van der Waals surface area contributed by atoms with Gasteiger partial charge in [-0.1, -0.05) is 38.1 Å². The van der Waals surface area contributed by atoms with E-state index in [0.717, 1.165) is 41.9 Å². The number of nitrogens with zero attached hydrogens (tertiary/aromatic N) is 2. The molecule has 0 radical (unpaired) electrons. The molecule has 0 spiro atoms. The van der Waals surface area contributed by atoms with Crippen LogP contribution >= 0.6 is 0 Å². The summed E-state index contributed by atoms with van der Waals surface area (Å²) in [6.45, 7) is 9.73. The maximum Gasteiger partial charge on any atom is 0.253 e. The molecule has 0 aliphatic carbocycles. The number of pyridine rings is 1. The predicted octanol–water partition coefficient (Wildman–Crippen LogP) is 4.32. The number of aromatic nitrogens is 1. The standard InChI is InChI=1S/C24H29N3O2/c1-5-27(6-2)16-19-9-7-18(8-10-19)15-25-24(28)22-13-20-11-12-21(29-4)14-23(20)26-17(22)3/h7-14H,5-6,15-16H2,1-4H3,(H,25,28). The number of ether oxygens (including phenoxy) is 1. The first kappa shape index (κ1) is 20.8. The van der Waals surface area contributed by atoms with Gasteiger partial charge in [0.25, 0.3) is 5.91 Å². The number of carbonyl (C=O) groups is 1. The topological polar surface area (TPSA) is 54.5 Å². The summed E-state index contributed by atoms with van der Waals surface area (Å²) in [4.78, 5) is 19.7. The Hall–Kier alpha value is -2.92. The van der Waals surface area contributed by atoms with Crippen molar-refractivity contribution in [2.75, 3.05) is 20.2 Å². The van der Waals surface area contributed by atoms with Crippen molar-refractivity contribution >= 4 is 16.8 Å². The molecule has 1 aromatic heterocycles. The van der Waals surface area contributed by atoms with Gasteiger partial charge in [0, 0.05) is 24.5 Å². The Morgan fingerprint density at radius 2 is 1.72 bits per heavy atom. The molecule has 0 fully saturated rings. The van der Waals surface area contributed by atoms with Gasteiger partial charge in [-0.2, -0.15) is 0 Å². The molecule has 1 N–H and O–H groups in total. The predicted molar refractivity (Wildman–Crippen MR) is 117 cm³/mol. The van der Waals surface area contributed by atoms with Crippen molar-refractivity contribution in [3.8, 4) is 5.75 Å². The van der Waals surface area contributed by atoms with Crippen LogP contribution in [0, 0.1) is 6.92 Å². The van der Waals surface area contributed by atoms with Crippen LogP contribution in [0.5, 0.6) is 5.75 Å². The zero-order valence-electron chi connectivity index (χ0n) is 17.7. The second kappa shape index (κ2) is 9.52. The molecule has 0 unspecified atom stereocenters. The van der Waals surface area contributed by atoms with Crippen LogP contribution < -0.4 is 10.1 Å². The molecular formula is C24H29N3O2. The third-order valence-corrected chi connectivity index (χ3v) is 5.24. The molecule has 1 heterocycles. The molecule has 0 aliphatic heterocycles. The van der Waals surface area contributed by atoms with Gasteiger partial charge in [-0.3, -0.25) is 14.7 Å². The Morgan fingerprint density at radius 1 is 1.03 bits per heavy atom. The van der Waals surface area contributed by atoms with Crippen molar-refractivity contribution in [2.45, 2.75) is 33.9 Å². The van der Waals surface area contributed by atoms with Crippen LogP contribution in [0.4, 0.5) is 0 Å². The fourth-order valence-corrected chi connectivity index (χ4v) is 3.35. The Bertz CT molecular complexity index is 979. The van der Waals surface area contributed by atoms with Crippen molar-refractivity contribution in [1.29, 1.82) is 0 Å². The highest BCUT2D eigenvalue weighted by Gasteiger charge is 2.12. The number of nitrogens with one attached hydrogen (secondary N) is 1. The lowest BCUT2D eigenvalue weighted by molar-refractivity contribution is 0.0950. The summed E-state index contributed by atoms with van der Waals surface area (Å²) in [7, 11) is 1.63. The lowest BCUT2D eigenvalue weighted by Gasteiger charge is -2.18. The molecule has 0 bridgehead atoms. The zero-order valence-corrected chi connectivity index (χ0v) is 17.7. The molecule has 0 aliphatic rings. The van der Waals surface area contributed by atoms with E-state index in [0.29, 0.717) is 17.8 Å². The number of hydrogen-bond acceptors (Lipinski definition) is 4.